The van der Waals surface area contributed by atoms with Crippen LogP contribution in [0.2, 0.25) is 5.02 Å². The molecule has 164 valence electrons. The predicted octanol–water partition coefficient (Wildman–Crippen LogP) is 4.57. The lowest BCUT2D eigenvalue weighted by atomic mass is 9.91. The van der Waals surface area contributed by atoms with Crippen molar-refractivity contribution >= 4 is 45.5 Å². The highest BCUT2D eigenvalue weighted by Gasteiger charge is 2.34. The quantitative estimate of drug-likeness (QED) is 0.290. The van der Waals surface area contributed by atoms with Gasteiger partial charge in [0.2, 0.25) is 0 Å². The van der Waals surface area contributed by atoms with Gasteiger partial charge in [-0.25, -0.2) is 0 Å². The number of nitrogens with zero attached hydrogens (tertiary/aromatic N) is 4. The molecule has 0 saturated heterocycles. The summed E-state index contributed by atoms with van der Waals surface area (Å²) < 4.78 is 26.2. The highest BCUT2D eigenvalue weighted by atomic mass is 35.5. The molecule has 1 aliphatic heterocycles. The van der Waals surface area contributed by atoms with Crippen molar-refractivity contribution in [1.29, 1.82) is 0 Å². The molecule has 0 fully saturated rings. The van der Waals surface area contributed by atoms with E-state index in [0.29, 0.717) is 15.1 Å². The third-order valence-corrected chi connectivity index (χ3v) is 7.44. The zero-order valence-electron chi connectivity index (χ0n) is 17.2. The summed E-state index contributed by atoms with van der Waals surface area (Å²) in [4.78, 5) is 0.105. The number of hydrazone groups is 1. The summed E-state index contributed by atoms with van der Waals surface area (Å²) in [6, 6.07) is 25.6. The van der Waals surface area contributed by atoms with Crippen LogP contribution in [-0.4, -0.2) is 47.7 Å². The lowest BCUT2D eigenvalue weighted by Crippen LogP contribution is -2.37. The Morgan fingerprint density at radius 2 is 1.59 bits per heavy atom. The topological polar surface area (TPSA) is 56.0 Å². The van der Waals surface area contributed by atoms with Crippen molar-refractivity contribution in [3.8, 4) is 0 Å². The SMILES string of the molecule is CN(C=[N+](Cl)S(=O)(=O)c1ccccc1)N1CC(c2ccccc2)C(c2ccc(Cl)cc2)=N1. The summed E-state index contributed by atoms with van der Waals surface area (Å²) in [5.41, 5.74) is 2.91. The van der Waals surface area contributed by atoms with Gasteiger partial charge in [0, 0.05) is 5.02 Å². The second kappa shape index (κ2) is 9.32. The molecule has 1 atom stereocenters. The lowest BCUT2D eigenvalue weighted by molar-refractivity contribution is -0.190. The molecule has 1 heterocycles. The van der Waals surface area contributed by atoms with Crippen LogP contribution < -0.4 is 0 Å². The molecule has 0 bridgehead atoms. The van der Waals surface area contributed by atoms with Crippen LogP contribution in [0.4, 0.5) is 0 Å². The molecule has 0 aliphatic carbocycles. The average Bonchev–Trinajstić information content (AvgIpc) is 3.26. The molecular formula is C23H21Cl2N4O2S+. The van der Waals surface area contributed by atoms with Gasteiger partial charge in [-0.2, -0.15) is 8.42 Å². The van der Waals surface area contributed by atoms with E-state index in [1.165, 1.54) is 18.5 Å². The molecule has 3 aromatic carbocycles. The number of hydrazine groups is 1. The Morgan fingerprint density at radius 3 is 2.22 bits per heavy atom. The second-order valence-electron chi connectivity index (χ2n) is 7.26. The Morgan fingerprint density at radius 1 is 1.00 bits per heavy atom. The van der Waals surface area contributed by atoms with Crippen molar-refractivity contribution in [1.82, 2.24) is 10.1 Å². The molecule has 3 aromatic rings. The molecule has 32 heavy (non-hydrogen) atoms. The fraction of sp³-hybridized carbons (Fsp3) is 0.130. The fourth-order valence-electron chi connectivity index (χ4n) is 3.46. The normalized spacial score (nSPS) is 16.7. The van der Waals surface area contributed by atoms with Crippen molar-refractivity contribution in [2.75, 3.05) is 13.6 Å². The summed E-state index contributed by atoms with van der Waals surface area (Å²) >= 11 is 12.2. The molecule has 9 heteroatoms. The van der Waals surface area contributed by atoms with E-state index in [1.807, 2.05) is 42.5 Å². The first-order valence-electron chi connectivity index (χ1n) is 9.86. The zero-order chi connectivity index (χ0) is 22.7. The molecule has 4 rings (SSSR count). The van der Waals surface area contributed by atoms with Crippen LogP contribution >= 0.6 is 23.4 Å². The van der Waals surface area contributed by atoms with Gasteiger partial charge in [0.25, 0.3) is 6.34 Å². The van der Waals surface area contributed by atoms with E-state index in [0.717, 1.165) is 16.8 Å². The molecule has 0 radical (unpaired) electrons. The molecular weight excluding hydrogens is 467 g/mol. The maximum absolute atomic E-state index is 12.8. The van der Waals surface area contributed by atoms with Gasteiger partial charge in [0.15, 0.2) is 11.8 Å². The van der Waals surface area contributed by atoms with Gasteiger partial charge < -0.3 is 0 Å². The van der Waals surface area contributed by atoms with Crippen molar-refractivity contribution in [3.05, 3.63) is 101 Å². The number of rotatable bonds is 6. The first-order chi connectivity index (χ1) is 15.4. The average molecular weight is 488 g/mol. The Balaban J connectivity index is 1.65. The molecule has 0 spiro atoms. The monoisotopic (exact) mass is 487 g/mol. The van der Waals surface area contributed by atoms with Gasteiger partial charge in [0.1, 0.15) is 11.9 Å². The molecule has 0 N–H and O–H groups in total. The third-order valence-electron chi connectivity index (χ3n) is 5.13. The number of benzene rings is 3. The van der Waals surface area contributed by atoms with E-state index in [1.54, 1.807) is 35.4 Å². The maximum Gasteiger partial charge on any atom is 0.347 e. The summed E-state index contributed by atoms with van der Waals surface area (Å²) in [5, 5.41) is 8.68. The molecule has 0 amide bonds. The Bertz CT molecular complexity index is 1250. The van der Waals surface area contributed by atoms with E-state index in [9.17, 15) is 8.42 Å². The summed E-state index contributed by atoms with van der Waals surface area (Å²) in [7, 11) is -2.19. The minimum atomic E-state index is -3.89. The first-order valence-corrected chi connectivity index (χ1v) is 12.0. The van der Waals surface area contributed by atoms with Crippen molar-refractivity contribution in [2.45, 2.75) is 10.8 Å². The van der Waals surface area contributed by atoms with Crippen LogP contribution in [0.25, 0.3) is 0 Å². The van der Waals surface area contributed by atoms with E-state index in [2.05, 4.69) is 12.1 Å². The highest BCUT2D eigenvalue weighted by molar-refractivity contribution is 7.86. The first kappa shape index (κ1) is 22.3. The lowest BCUT2D eigenvalue weighted by Gasteiger charge is -2.18. The molecule has 0 saturated carbocycles. The molecule has 1 aliphatic rings. The van der Waals surface area contributed by atoms with Crippen molar-refractivity contribution < 1.29 is 11.9 Å². The summed E-state index contributed by atoms with van der Waals surface area (Å²) in [5.74, 6) is -0.0114. The second-order valence-corrected chi connectivity index (χ2v) is 10.1. The van der Waals surface area contributed by atoms with Crippen LogP contribution in [0.1, 0.15) is 17.0 Å². The Hall–Kier alpha value is -2.87. The van der Waals surface area contributed by atoms with Gasteiger partial charge in [-0.05, 0) is 38.9 Å². The number of hydrogen-bond acceptors (Lipinski definition) is 4. The van der Waals surface area contributed by atoms with E-state index in [-0.39, 0.29) is 10.8 Å². The highest BCUT2D eigenvalue weighted by Crippen LogP contribution is 2.29. The van der Waals surface area contributed by atoms with E-state index < -0.39 is 10.0 Å². The molecule has 6 nitrogen and oxygen atoms in total. The maximum atomic E-state index is 12.8. The Labute approximate surface area is 197 Å². The van der Waals surface area contributed by atoms with Gasteiger partial charge in [-0.15, -0.1) is 15.2 Å². The number of sulfonamides is 1. The molecule has 0 aromatic heterocycles. The van der Waals surface area contributed by atoms with Crippen LogP contribution in [0.3, 0.4) is 0 Å². The largest absolute Gasteiger partial charge is 0.347 e. The van der Waals surface area contributed by atoms with Gasteiger partial charge in [-0.3, -0.25) is 0 Å². The van der Waals surface area contributed by atoms with E-state index in [4.69, 9.17) is 28.5 Å². The summed E-state index contributed by atoms with van der Waals surface area (Å²) in [6.07, 6.45) is 1.29. The van der Waals surface area contributed by atoms with Crippen LogP contribution in [0, 0.1) is 0 Å². The predicted molar refractivity (Wildman–Crippen MR) is 127 cm³/mol. The van der Waals surface area contributed by atoms with Crippen LogP contribution in [0.5, 0.6) is 0 Å². The van der Waals surface area contributed by atoms with Crippen molar-refractivity contribution in [2.24, 2.45) is 5.10 Å². The Kier molecular flexibility index (Phi) is 6.50. The number of hydrogen-bond donors (Lipinski definition) is 0. The number of halogens is 2. The van der Waals surface area contributed by atoms with Gasteiger partial charge >= 0.3 is 10.0 Å². The minimum Gasteiger partial charge on any atom is -0.177 e. The fourth-order valence-corrected chi connectivity index (χ4v) is 4.91. The van der Waals surface area contributed by atoms with Crippen molar-refractivity contribution in [3.63, 3.8) is 0 Å². The standard InChI is InChI=1S/C23H21Cl2N4O2S/c1-27(17-28(25)32(30,31)21-10-6-3-7-11-21)29-16-22(18-8-4-2-5-9-18)23(26-29)19-12-14-20(24)15-13-19/h2-15,17,22H,16H2,1H3/q+1. The third kappa shape index (κ3) is 4.65. The molecule has 1 unspecified atom stereocenters. The van der Waals surface area contributed by atoms with Gasteiger partial charge in [0.05, 0.1) is 18.2 Å². The minimum absolute atomic E-state index is 0.0114. The zero-order valence-corrected chi connectivity index (χ0v) is 19.5. The van der Waals surface area contributed by atoms with Crippen LogP contribution in [-0.2, 0) is 10.0 Å². The summed E-state index contributed by atoms with van der Waals surface area (Å²) in [6.45, 7) is 0.519. The van der Waals surface area contributed by atoms with Crippen LogP contribution in [0.15, 0.2) is 94.9 Å². The van der Waals surface area contributed by atoms with Gasteiger partial charge in [-0.1, -0.05) is 72.3 Å². The van der Waals surface area contributed by atoms with E-state index >= 15 is 0 Å². The smallest absolute Gasteiger partial charge is 0.177 e.